The Morgan fingerprint density at radius 3 is 2.12 bits per heavy atom. The molecule has 0 unspecified atom stereocenters. The lowest BCUT2D eigenvalue weighted by Crippen LogP contribution is -2.70. The number of rotatable bonds is 2. The second kappa shape index (κ2) is 4.27. The summed E-state index contributed by atoms with van der Waals surface area (Å²) < 4.78 is 0. The number of nitrogens with zero attached hydrogens (tertiary/aromatic N) is 1. The Bertz CT molecular complexity index is 297. The number of hydrogen-bond acceptors (Lipinski definition) is 2. The molecule has 0 aromatic rings. The predicted molar refractivity (Wildman–Crippen MR) is 67.4 cm³/mol. The van der Waals surface area contributed by atoms with Crippen molar-refractivity contribution in [2.45, 2.75) is 56.9 Å². The van der Waals surface area contributed by atoms with Gasteiger partial charge in [-0.05, 0) is 31.6 Å². The molecule has 17 heavy (non-hydrogen) atoms. The highest BCUT2D eigenvalue weighted by molar-refractivity contribution is 5.80. The molecule has 0 spiro atoms. The molecule has 0 aromatic carbocycles. The molecule has 1 heterocycles. The number of nitrogens with two attached hydrogens (primary N) is 1. The molecular formula is C14H24N2O. The molecule has 2 N–H and O–H groups in total. The number of likely N-dealkylation sites (tertiary alicyclic amines) is 1. The van der Waals surface area contributed by atoms with Gasteiger partial charge in [0.05, 0.1) is 5.54 Å². The summed E-state index contributed by atoms with van der Waals surface area (Å²) >= 11 is 0. The molecule has 1 amide bonds. The van der Waals surface area contributed by atoms with Gasteiger partial charge in [0.25, 0.3) is 0 Å². The van der Waals surface area contributed by atoms with Crippen LogP contribution in [0.3, 0.4) is 0 Å². The maximum atomic E-state index is 12.3. The van der Waals surface area contributed by atoms with Gasteiger partial charge in [-0.1, -0.05) is 25.7 Å². The summed E-state index contributed by atoms with van der Waals surface area (Å²) in [6.45, 7) is 1.65. The average Bonchev–Trinajstić information content (AvgIpc) is 3.09. The van der Waals surface area contributed by atoms with Crippen LogP contribution in [0.5, 0.6) is 0 Å². The molecule has 2 aliphatic carbocycles. The molecule has 0 radical (unpaired) electrons. The zero-order chi connectivity index (χ0) is 11.9. The maximum absolute atomic E-state index is 12.3. The van der Waals surface area contributed by atoms with Crippen LogP contribution in [0.25, 0.3) is 0 Å². The first-order chi connectivity index (χ1) is 8.19. The highest BCUT2D eigenvalue weighted by atomic mass is 16.2. The second-order valence-electron chi connectivity index (χ2n) is 6.39. The van der Waals surface area contributed by atoms with E-state index in [4.69, 9.17) is 5.73 Å². The Morgan fingerprint density at radius 2 is 1.59 bits per heavy atom. The molecule has 0 atom stereocenters. The minimum absolute atomic E-state index is 0.0135. The smallest absolute Gasteiger partial charge is 0.225 e. The largest absolute Gasteiger partial charge is 0.339 e. The van der Waals surface area contributed by atoms with Crippen LogP contribution in [-0.4, -0.2) is 29.4 Å². The standard InChI is InChI=1S/C14H24N2O/c15-14(12-7-8-12)9-16(10-14)13(17)11-5-3-1-2-4-6-11/h11-12H,1-10,15H2. The number of hydrogen-bond donors (Lipinski definition) is 1. The second-order valence-corrected chi connectivity index (χ2v) is 6.39. The van der Waals surface area contributed by atoms with E-state index in [2.05, 4.69) is 0 Å². The average molecular weight is 236 g/mol. The van der Waals surface area contributed by atoms with E-state index >= 15 is 0 Å². The van der Waals surface area contributed by atoms with Crippen LogP contribution in [0.1, 0.15) is 51.4 Å². The van der Waals surface area contributed by atoms with Gasteiger partial charge in [-0.15, -0.1) is 0 Å². The molecule has 0 aromatic heterocycles. The molecule has 3 aliphatic rings. The first kappa shape index (κ1) is 11.5. The van der Waals surface area contributed by atoms with Crippen LogP contribution in [0.15, 0.2) is 0 Å². The van der Waals surface area contributed by atoms with Crippen LogP contribution in [0, 0.1) is 11.8 Å². The Labute approximate surface area is 104 Å². The van der Waals surface area contributed by atoms with Crippen molar-refractivity contribution in [2.75, 3.05) is 13.1 Å². The van der Waals surface area contributed by atoms with Crippen molar-refractivity contribution in [3.63, 3.8) is 0 Å². The summed E-state index contributed by atoms with van der Waals surface area (Å²) in [6, 6.07) is 0. The molecule has 2 saturated carbocycles. The van der Waals surface area contributed by atoms with Crippen LogP contribution >= 0.6 is 0 Å². The van der Waals surface area contributed by atoms with Gasteiger partial charge in [-0.25, -0.2) is 0 Å². The van der Waals surface area contributed by atoms with Crippen LogP contribution in [0.2, 0.25) is 0 Å². The molecular weight excluding hydrogens is 212 g/mol. The minimum Gasteiger partial charge on any atom is -0.339 e. The number of amides is 1. The summed E-state index contributed by atoms with van der Waals surface area (Å²) in [6.07, 6.45) is 9.87. The first-order valence-electron chi connectivity index (χ1n) is 7.27. The van der Waals surface area contributed by atoms with E-state index in [-0.39, 0.29) is 5.54 Å². The SMILES string of the molecule is NC1(C2CC2)CN(C(=O)C2CCCCCC2)C1. The van der Waals surface area contributed by atoms with Gasteiger partial charge >= 0.3 is 0 Å². The van der Waals surface area contributed by atoms with Crippen LogP contribution < -0.4 is 5.73 Å². The quantitative estimate of drug-likeness (QED) is 0.744. The lowest BCUT2D eigenvalue weighted by atomic mass is 9.84. The highest BCUT2D eigenvalue weighted by Crippen LogP contribution is 2.43. The van der Waals surface area contributed by atoms with Gasteiger partial charge in [0, 0.05) is 19.0 Å². The van der Waals surface area contributed by atoms with E-state index in [1.165, 1.54) is 38.5 Å². The van der Waals surface area contributed by atoms with Crippen LogP contribution in [-0.2, 0) is 4.79 Å². The van der Waals surface area contributed by atoms with Gasteiger partial charge in [-0.3, -0.25) is 4.79 Å². The summed E-state index contributed by atoms with van der Waals surface area (Å²) in [5.41, 5.74) is 6.29. The third kappa shape index (κ3) is 2.22. The highest BCUT2D eigenvalue weighted by Gasteiger charge is 2.52. The summed E-state index contributed by atoms with van der Waals surface area (Å²) in [5.74, 6) is 1.41. The molecule has 1 aliphatic heterocycles. The summed E-state index contributed by atoms with van der Waals surface area (Å²) in [7, 11) is 0. The lowest BCUT2D eigenvalue weighted by Gasteiger charge is -2.49. The first-order valence-corrected chi connectivity index (χ1v) is 7.27. The van der Waals surface area contributed by atoms with E-state index in [1.807, 2.05) is 4.90 Å². The van der Waals surface area contributed by atoms with Crippen molar-refractivity contribution in [1.82, 2.24) is 4.90 Å². The Hall–Kier alpha value is -0.570. The molecule has 0 bridgehead atoms. The van der Waals surface area contributed by atoms with Crippen molar-refractivity contribution < 1.29 is 4.79 Å². The fraction of sp³-hybridized carbons (Fsp3) is 0.929. The minimum atomic E-state index is -0.0135. The van der Waals surface area contributed by atoms with E-state index in [1.54, 1.807) is 0 Å². The van der Waals surface area contributed by atoms with Crippen molar-refractivity contribution in [3.8, 4) is 0 Å². The Morgan fingerprint density at radius 1 is 1.00 bits per heavy atom. The molecule has 3 rings (SSSR count). The topological polar surface area (TPSA) is 46.3 Å². The molecule has 96 valence electrons. The lowest BCUT2D eigenvalue weighted by molar-refractivity contribution is -0.144. The predicted octanol–water partition coefficient (Wildman–Crippen LogP) is 1.91. The van der Waals surface area contributed by atoms with Crippen LogP contribution in [0.4, 0.5) is 0 Å². The normalized spacial score (nSPS) is 29.6. The monoisotopic (exact) mass is 236 g/mol. The van der Waals surface area contributed by atoms with E-state index in [0.29, 0.717) is 17.7 Å². The Balaban J connectivity index is 1.53. The molecule has 3 fully saturated rings. The van der Waals surface area contributed by atoms with E-state index < -0.39 is 0 Å². The zero-order valence-corrected chi connectivity index (χ0v) is 10.7. The molecule has 3 nitrogen and oxygen atoms in total. The third-order valence-corrected chi connectivity index (χ3v) is 4.88. The molecule has 1 saturated heterocycles. The van der Waals surface area contributed by atoms with Gasteiger partial charge in [0.15, 0.2) is 0 Å². The van der Waals surface area contributed by atoms with E-state index in [0.717, 1.165) is 25.9 Å². The maximum Gasteiger partial charge on any atom is 0.225 e. The summed E-state index contributed by atoms with van der Waals surface area (Å²) in [5, 5.41) is 0. The van der Waals surface area contributed by atoms with Gasteiger partial charge in [-0.2, -0.15) is 0 Å². The van der Waals surface area contributed by atoms with Gasteiger partial charge in [0.1, 0.15) is 0 Å². The third-order valence-electron chi connectivity index (χ3n) is 4.88. The summed E-state index contributed by atoms with van der Waals surface area (Å²) in [4.78, 5) is 14.4. The fourth-order valence-corrected chi connectivity index (χ4v) is 3.52. The van der Waals surface area contributed by atoms with E-state index in [9.17, 15) is 4.79 Å². The van der Waals surface area contributed by atoms with Gasteiger partial charge in [0.2, 0.25) is 5.91 Å². The van der Waals surface area contributed by atoms with Crippen molar-refractivity contribution in [3.05, 3.63) is 0 Å². The van der Waals surface area contributed by atoms with Gasteiger partial charge < -0.3 is 10.6 Å². The zero-order valence-electron chi connectivity index (χ0n) is 10.7. The fourth-order valence-electron chi connectivity index (χ4n) is 3.52. The van der Waals surface area contributed by atoms with Crippen molar-refractivity contribution >= 4 is 5.91 Å². The Kier molecular flexibility index (Phi) is 2.89. The molecule has 3 heteroatoms. The number of carbonyl (C=O) groups excluding carboxylic acids is 1. The van der Waals surface area contributed by atoms with Crippen molar-refractivity contribution in [2.24, 2.45) is 17.6 Å². The number of carbonyl (C=O) groups is 1. The van der Waals surface area contributed by atoms with Crippen molar-refractivity contribution in [1.29, 1.82) is 0 Å².